The molecule has 0 fully saturated rings. The minimum Gasteiger partial charge on any atom is -0.354 e. The van der Waals surface area contributed by atoms with Gasteiger partial charge in [-0.1, -0.05) is 36.8 Å². The lowest BCUT2D eigenvalue weighted by molar-refractivity contribution is 0.607. The molecule has 21 heavy (non-hydrogen) atoms. The molecule has 1 aromatic heterocycles. The van der Waals surface area contributed by atoms with Crippen LogP contribution < -0.4 is 10.2 Å². The van der Waals surface area contributed by atoms with Crippen LogP contribution in [0.4, 0.5) is 16.2 Å². The first-order chi connectivity index (χ1) is 10.1. The molecule has 0 amide bonds. The van der Waals surface area contributed by atoms with Gasteiger partial charge in [-0.3, -0.25) is 0 Å². The fourth-order valence-electron chi connectivity index (χ4n) is 2.11. The highest BCUT2D eigenvalue weighted by molar-refractivity contribution is 5.44. The van der Waals surface area contributed by atoms with E-state index in [0.29, 0.717) is 18.3 Å². The number of rotatable bonds is 6. The van der Waals surface area contributed by atoms with Gasteiger partial charge in [0.15, 0.2) is 11.6 Å². The van der Waals surface area contributed by atoms with Crippen LogP contribution in [-0.2, 0) is 6.54 Å². The van der Waals surface area contributed by atoms with Crippen LogP contribution in [0.15, 0.2) is 30.5 Å². The molecule has 0 saturated heterocycles. The van der Waals surface area contributed by atoms with Crippen molar-refractivity contribution in [1.29, 1.82) is 0 Å². The Balaban J connectivity index is 2.15. The van der Waals surface area contributed by atoms with E-state index < -0.39 is 5.82 Å². The molecule has 2 rings (SSSR count). The number of benzene rings is 1. The lowest BCUT2D eigenvalue weighted by Crippen LogP contribution is -2.20. The van der Waals surface area contributed by atoms with Crippen LogP contribution in [0.3, 0.4) is 0 Å². The number of nitrogens with zero attached hydrogens (tertiary/aromatic N) is 3. The third kappa shape index (κ3) is 4.15. The highest BCUT2D eigenvalue weighted by Crippen LogP contribution is 2.18. The van der Waals surface area contributed by atoms with E-state index in [-0.39, 0.29) is 0 Å². The average molecular weight is 288 g/mol. The van der Waals surface area contributed by atoms with Gasteiger partial charge in [0.2, 0.25) is 5.95 Å². The van der Waals surface area contributed by atoms with Gasteiger partial charge in [-0.25, -0.2) is 9.37 Å². The van der Waals surface area contributed by atoms with Crippen LogP contribution in [0.25, 0.3) is 0 Å². The van der Waals surface area contributed by atoms with Crippen LogP contribution in [0.5, 0.6) is 0 Å². The second kappa shape index (κ2) is 7.02. The van der Waals surface area contributed by atoms with E-state index in [1.54, 1.807) is 4.90 Å². The summed E-state index contributed by atoms with van der Waals surface area (Å²) in [4.78, 5) is 10.0. The molecule has 0 aliphatic carbocycles. The zero-order chi connectivity index (χ0) is 15.2. The third-order valence-electron chi connectivity index (χ3n) is 3.12. The maximum absolute atomic E-state index is 13.9. The van der Waals surface area contributed by atoms with Gasteiger partial charge in [0.25, 0.3) is 0 Å². The number of halogens is 1. The van der Waals surface area contributed by atoms with E-state index in [1.165, 1.54) is 11.8 Å². The fourth-order valence-corrected chi connectivity index (χ4v) is 2.11. The lowest BCUT2D eigenvalue weighted by Gasteiger charge is -2.19. The number of nitrogens with one attached hydrogen (secondary N) is 1. The molecule has 0 aliphatic rings. The summed E-state index contributed by atoms with van der Waals surface area (Å²) in [6.45, 7) is 5.47. The van der Waals surface area contributed by atoms with Crippen molar-refractivity contribution >= 4 is 11.8 Å². The molecule has 0 spiro atoms. The summed E-state index contributed by atoms with van der Waals surface area (Å²) >= 11 is 0. The molecule has 0 aliphatic heterocycles. The standard InChI is InChI=1S/C16H21FN4/c1-4-8-18-16-19-10-14(17)15(20-16)21(3)11-13-7-5-6-12(2)9-13/h5-7,9-10H,4,8,11H2,1-3H3,(H,18,19,20). The summed E-state index contributed by atoms with van der Waals surface area (Å²) in [5, 5.41) is 3.07. The van der Waals surface area contributed by atoms with E-state index in [0.717, 1.165) is 18.5 Å². The summed E-state index contributed by atoms with van der Waals surface area (Å²) in [6.07, 6.45) is 2.18. The van der Waals surface area contributed by atoms with Crippen molar-refractivity contribution in [1.82, 2.24) is 9.97 Å². The van der Waals surface area contributed by atoms with Crippen LogP contribution >= 0.6 is 0 Å². The van der Waals surface area contributed by atoms with Gasteiger partial charge < -0.3 is 10.2 Å². The van der Waals surface area contributed by atoms with E-state index in [2.05, 4.69) is 28.3 Å². The van der Waals surface area contributed by atoms with Crippen molar-refractivity contribution in [3.63, 3.8) is 0 Å². The second-order valence-corrected chi connectivity index (χ2v) is 5.14. The SMILES string of the molecule is CCCNc1ncc(F)c(N(C)Cc2cccc(C)c2)n1. The van der Waals surface area contributed by atoms with Crippen molar-refractivity contribution < 1.29 is 4.39 Å². The zero-order valence-corrected chi connectivity index (χ0v) is 12.7. The number of anilines is 2. The zero-order valence-electron chi connectivity index (χ0n) is 12.7. The molecule has 2 aromatic rings. The smallest absolute Gasteiger partial charge is 0.224 e. The van der Waals surface area contributed by atoms with Crippen molar-refractivity contribution in [2.24, 2.45) is 0 Å². The van der Waals surface area contributed by atoms with Gasteiger partial charge in [-0.2, -0.15) is 4.98 Å². The van der Waals surface area contributed by atoms with Crippen LogP contribution in [0.1, 0.15) is 24.5 Å². The Bertz CT molecular complexity index is 601. The van der Waals surface area contributed by atoms with E-state index in [1.807, 2.05) is 32.2 Å². The quantitative estimate of drug-likeness (QED) is 0.884. The Morgan fingerprint density at radius 2 is 2.14 bits per heavy atom. The minimum atomic E-state index is -0.410. The molecule has 5 heteroatoms. The Morgan fingerprint density at radius 1 is 1.33 bits per heavy atom. The molecule has 112 valence electrons. The minimum absolute atomic E-state index is 0.310. The van der Waals surface area contributed by atoms with E-state index in [9.17, 15) is 4.39 Å². The first-order valence-electron chi connectivity index (χ1n) is 7.13. The maximum Gasteiger partial charge on any atom is 0.224 e. The average Bonchev–Trinajstić information content (AvgIpc) is 2.46. The third-order valence-corrected chi connectivity index (χ3v) is 3.12. The summed E-state index contributed by atoms with van der Waals surface area (Å²) < 4.78 is 13.9. The normalized spacial score (nSPS) is 10.5. The van der Waals surface area contributed by atoms with Crippen LogP contribution in [0.2, 0.25) is 0 Å². The molecule has 0 atom stereocenters. The van der Waals surface area contributed by atoms with Gasteiger partial charge in [-0.15, -0.1) is 0 Å². The molecule has 1 N–H and O–H groups in total. The van der Waals surface area contributed by atoms with Gasteiger partial charge >= 0.3 is 0 Å². The molecule has 1 heterocycles. The second-order valence-electron chi connectivity index (χ2n) is 5.14. The van der Waals surface area contributed by atoms with Gasteiger partial charge in [0.1, 0.15) is 0 Å². The molecule has 0 unspecified atom stereocenters. The first-order valence-corrected chi connectivity index (χ1v) is 7.13. The first kappa shape index (κ1) is 15.2. The lowest BCUT2D eigenvalue weighted by atomic mass is 10.1. The fraction of sp³-hybridized carbons (Fsp3) is 0.375. The van der Waals surface area contributed by atoms with Gasteiger partial charge in [0.05, 0.1) is 6.20 Å². The highest BCUT2D eigenvalue weighted by Gasteiger charge is 2.12. The van der Waals surface area contributed by atoms with Crippen molar-refractivity contribution in [2.45, 2.75) is 26.8 Å². The Hall–Kier alpha value is -2.17. The van der Waals surface area contributed by atoms with E-state index in [4.69, 9.17) is 0 Å². The molecule has 0 bridgehead atoms. The number of aromatic nitrogens is 2. The molecule has 0 radical (unpaired) electrons. The molecule has 4 nitrogen and oxygen atoms in total. The predicted molar refractivity (Wildman–Crippen MR) is 84.1 cm³/mol. The predicted octanol–water partition coefficient (Wildman–Crippen LogP) is 3.38. The molecule has 0 saturated carbocycles. The monoisotopic (exact) mass is 288 g/mol. The molecular weight excluding hydrogens is 267 g/mol. The van der Waals surface area contributed by atoms with Crippen molar-refractivity contribution in [2.75, 3.05) is 23.8 Å². The maximum atomic E-state index is 13.9. The van der Waals surface area contributed by atoms with Gasteiger partial charge in [0, 0.05) is 20.1 Å². The Morgan fingerprint density at radius 3 is 2.86 bits per heavy atom. The van der Waals surface area contributed by atoms with Crippen LogP contribution in [0, 0.1) is 12.7 Å². The van der Waals surface area contributed by atoms with Crippen molar-refractivity contribution in [3.05, 3.63) is 47.4 Å². The molecule has 1 aromatic carbocycles. The number of aryl methyl sites for hydroxylation is 1. The Kier molecular flexibility index (Phi) is 5.09. The summed E-state index contributed by atoms with van der Waals surface area (Å²) in [5.41, 5.74) is 2.31. The Labute approximate surface area is 125 Å². The number of hydrogen-bond donors (Lipinski definition) is 1. The highest BCUT2D eigenvalue weighted by atomic mass is 19.1. The summed E-state index contributed by atoms with van der Waals surface area (Å²) in [6, 6.07) is 8.16. The van der Waals surface area contributed by atoms with Crippen LogP contribution in [-0.4, -0.2) is 23.6 Å². The molecular formula is C16H21FN4. The van der Waals surface area contributed by atoms with Gasteiger partial charge in [-0.05, 0) is 18.9 Å². The summed E-state index contributed by atoms with van der Waals surface area (Å²) in [5.74, 6) is 0.363. The van der Waals surface area contributed by atoms with E-state index >= 15 is 0 Å². The number of hydrogen-bond acceptors (Lipinski definition) is 4. The largest absolute Gasteiger partial charge is 0.354 e. The topological polar surface area (TPSA) is 41.1 Å². The van der Waals surface area contributed by atoms with Crippen molar-refractivity contribution in [3.8, 4) is 0 Å². The summed E-state index contributed by atoms with van der Waals surface area (Å²) in [7, 11) is 1.83.